The van der Waals surface area contributed by atoms with Crippen LogP contribution in [0.3, 0.4) is 0 Å². The second-order valence-electron chi connectivity index (χ2n) is 5.16. The summed E-state index contributed by atoms with van der Waals surface area (Å²) in [5, 5.41) is 0. The van der Waals surface area contributed by atoms with Gasteiger partial charge in [-0.3, -0.25) is 4.79 Å². The van der Waals surface area contributed by atoms with Crippen molar-refractivity contribution in [3.8, 4) is 0 Å². The zero-order valence-corrected chi connectivity index (χ0v) is 12.7. The minimum Gasteiger partial charge on any atom is -0.338 e. The van der Waals surface area contributed by atoms with Crippen molar-refractivity contribution in [2.24, 2.45) is 5.92 Å². The molecule has 0 N–H and O–H groups in total. The Morgan fingerprint density at radius 2 is 2.28 bits per heavy atom. The molecule has 1 amide bonds. The van der Waals surface area contributed by atoms with E-state index in [1.807, 2.05) is 30.0 Å². The van der Waals surface area contributed by atoms with Gasteiger partial charge in [-0.25, -0.2) is 0 Å². The molecule has 0 aromatic heterocycles. The highest BCUT2D eigenvalue weighted by atomic mass is 79.9. The maximum Gasteiger partial charge on any atom is 0.253 e. The zero-order valence-electron chi connectivity index (χ0n) is 11.1. The van der Waals surface area contributed by atoms with Crippen molar-refractivity contribution in [2.45, 2.75) is 33.1 Å². The highest BCUT2D eigenvalue weighted by Crippen LogP contribution is 2.24. The Hall–Kier alpha value is -0.830. The van der Waals surface area contributed by atoms with Crippen LogP contribution in [0, 0.1) is 12.8 Å². The first kappa shape index (κ1) is 13.6. The number of rotatable bonds is 3. The summed E-state index contributed by atoms with van der Waals surface area (Å²) in [5.41, 5.74) is 1.96. The monoisotopic (exact) mass is 309 g/mol. The third-order valence-electron chi connectivity index (χ3n) is 3.69. The van der Waals surface area contributed by atoms with Crippen LogP contribution in [-0.2, 0) is 0 Å². The van der Waals surface area contributed by atoms with Crippen LogP contribution in [0.4, 0.5) is 0 Å². The van der Waals surface area contributed by atoms with Crippen molar-refractivity contribution < 1.29 is 4.79 Å². The van der Waals surface area contributed by atoms with E-state index in [0.717, 1.165) is 35.1 Å². The summed E-state index contributed by atoms with van der Waals surface area (Å²) in [4.78, 5) is 14.4. The Labute approximate surface area is 117 Å². The molecule has 0 bridgehead atoms. The van der Waals surface area contributed by atoms with Crippen LogP contribution in [0.1, 0.15) is 42.1 Å². The van der Waals surface area contributed by atoms with Crippen molar-refractivity contribution in [2.75, 3.05) is 13.1 Å². The average molecular weight is 310 g/mol. The minimum absolute atomic E-state index is 0.175. The number of benzene rings is 1. The Kier molecular flexibility index (Phi) is 4.44. The molecule has 1 saturated heterocycles. The van der Waals surface area contributed by atoms with Gasteiger partial charge in [0.15, 0.2) is 0 Å². The lowest BCUT2D eigenvalue weighted by atomic mass is 10.0. The first-order valence-corrected chi connectivity index (χ1v) is 7.46. The van der Waals surface area contributed by atoms with Gasteiger partial charge in [0.1, 0.15) is 0 Å². The third kappa shape index (κ3) is 2.94. The van der Waals surface area contributed by atoms with E-state index in [9.17, 15) is 4.79 Å². The molecule has 0 aliphatic carbocycles. The summed E-state index contributed by atoms with van der Waals surface area (Å²) in [6, 6.07) is 5.86. The number of hydrogen-bond donors (Lipinski definition) is 0. The number of amides is 1. The molecule has 1 atom stereocenters. The lowest BCUT2D eigenvalue weighted by Crippen LogP contribution is -2.28. The van der Waals surface area contributed by atoms with Gasteiger partial charge in [0.05, 0.1) is 0 Å². The van der Waals surface area contributed by atoms with E-state index >= 15 is 0 Å². The van der Waals surface area contributed by atoms with E-state index in [2.05, 4.69) is 22.9 Å². The zero-order chi connectivity index (χ0) is 13.1. The molecule has 2 nitrogen and oxygen atoms in total. The summed E-state index contributed by atoms with van der Waals surface area (Å²) >= 11 is 3.49. The van der Waals surface area contributed by atoms with Crippen molar-refractivity contribution in [3.05, 3.63) is 33.8 Å². The van der Waals surface area contributed by atoms with Gasteiger partial charge in [0.25, 0.3) is 5.91 Å². The molecule has 1 heterocycles. The predicted molar refractivity (Wildman–Crippen MR) is 77.8 cm³/mol. The van der Waals surface area contributed by atoms with Crippen molar-refractivity contribution in [3.63, 3.8) is 0 Å². The molecule has 1 aliphatic heterocycles. The second-order valence-corrected chi connectivity index (χ2v) is 6.01. The number of likely N-dealkylation sites (tertiary alicyclic amines) is 1. The van der Waals surface area contributed by atoms with Crippen molar-refractivity contribution in [1.29, 1.82) is 0 Å². The first-order valence-electron chi connectivity index (χ1n) is 6.67. The van der Waals surface area contributed by atoms with E-state index in [1.54, 1.807) is 0 Å². The fourth-order valence-electron chi connectivity index (χ4n) is 2.57. The van der Waals surface area contributed by atoms with Gasteiger partial charge in [-0.1, -0.05) is 35.3 Å². The lowest BCUT2D eigenvalue weighted by molar-refractivity contribution is 0.0786. The molecule has 2 rings (SSSR count). The molecule has 18 heavy (non-hydrogen) atoms. The maximum atomic E-state index is 12.4. The topological polar surface area (TPSA) is 20.3 Å². The number of aryl methyl sites for hydroxylation is 1. The highest BCUT2D eigenvalue weighted by Gasteiger charge is 2.26. The molecule has 1 aromatic rings. The first-order chi connectivity index (χ1) is 8.61. The normalized spacial score (nSPS) is 19.3. The summed E-state index contributed by atoms with van der Waals surface area (Å²) in [7, 11) is 0. The number of halogens is 1. The van der Waals surface area contributed by atoms with E-state index in [4.69, 9.17) is 0 Å². The summed E-state index contributed by atoms with van der Waals surface area (Å²) in [5.74, 6) is 0.877. The molecule has 1 aromatic carbocycles. The highest BCUT2D eigenvalue weighted by molar-refractivity contribution is 9.10. The quantitative estimate of drug-likeness (QED) is 0.826. The largest absolute Gasteiger partial charge is 0.338 e. The molecule has 0 spiro atoms. The van der Waals surface area contributed by atoms with Gasteiger partial charge in [-0.15, -0.1) is 0 Å². The fraction of sp³-hybridized carbons (Fsp3) is 0.533. The smallest absolute Gasteiger partial charge is 0.253 e. The number of carbonyl (C=O) groups is 1. The second kappa shape index (κ2) is 5.87. The third-order valence-corrected chi connectivity index (χ3v) is 4.54. The van der Waals surface area contributed by atoms with E-state index in [1.165, 1.54) is 12.8 Å². The number of nitrogens with zero attached hydrogens (tertiary/aromatic N) is 1. The Balaban J connectivity index is 2.05. The number of hydrogen-bond acceptors (Lipinski definition) is 1. The molecule has 0 saturated carbocycles. The lowest BCUT2D eigenvalue weighted by Gasteiger charge is -2.17. The molecule has 0 radical (unpaired) electrons. The summed E-state index contributed by atoms with van der Waals surface area (Å²) < 4.78 is 1.01. The van der Waals surface area contributed by atoms with Gasteiger partial charge in [0.2, 0.25) is 0 Å². The van der Waals surface area contributed by atoms with Crippen LogP contribution in [0.25, 0.3) is 0 Å². The molecule has 98 valence electrons. The van der Waals surface area contributed by atoms with Crippen LogP contribution in [0.15, 0.2) is 22.7 Å². The van der Waals surface area contributed by atoms with Crippen LogP contribution >= 0.6 is 15.9 Å². The van der Waals surface area contributed by atoms with Gasteiger partial charge >= 0.3 is 0 Å². The van der Waals surface area contributed by atoms with Gasteiger partial charge < -0.3 is 4.90 Å². The SMILES string of the molecule is CCCC1CCN(C(=O)c2ccc(C)c(Br)c2)C1. The van der Waals surface area contributed by atoms with E-state index < -0.39 is 0 Å². The molecular weight excluding hydrogens is 290 g/mol. The Bertz CT molecular complexity index is 444. The minimum atomic E-state index is 0.175. The summed E-state index contributed by atoms with van der Waals surface area (Å²) in [6.07, 6.45) is 3.61. The molecule has 1 fully saturated rings. The van der Waals surface area contributed by atoms with Crippen LogP contribution in [0.5, 0.6) is 0 Å². The Morgan fingerprint density at radius 3 is 2.94 bits per heavy atom. The maximum absolute atomic E-state index is 12.4. The number of carbonyl (C=O) groups excluding carboxylic acids is 1. The standard InChI is InChI=1S/C15H20BrNO/c1-3-4-12-7-8-17(10-12)15(18)13-6-5-11(2)14(16)9-13/h5-6,9,12H,3-4,7-8,10H2,1-2H3. The van der Waals surface area contributed by atoms with E-state index in [-0.39, 0.29) is 5.91 Å². The molecule has 1 unspecified atom stereocenters. The Morgan fingerprint density at radius 1 is 1.50 bits per heavy atom. The molecule has 1 aliphatic rings. The van der Waals surface area contributed by atoms with E-state index in [0.29, 0.717) is 5.92 Å². The fourth-order valence-corrected chi connectivity index (χ4v) is 2.95. The molecule has 3 heteroatoms. The molecular formula is C15H20BrNO. The average Bonchev–Trinajstić information content (AvgIpc) is 2.81. The van der Waals surface area contributed by atoms with Gasteiger partial charge in [-0.05, 0) is 43.4 Å². The van der Waals surface area contributed by atoms with Crippen LogP contribution < -0.4 is 0 Å². The summed E-state index contributed by atoms with van der Waals surface area (Å²) in [6.45, 7) is 6.08. The van der Waals surface area contributed by atoms with Gasteiger partial charge in [0, 0.05) is 23.1 Å². The predicted octanol–water partition coefficient (Wildman–Crippen LogP) is 4.02. The van der Waals surface area contributed by atoms with Crippen LogP contribution in [0.2, 0.25) is 0 Å². The van der Waals surface area contributed by atoms with Crippen LogP contribution in [-0.4, -0.2) is 23.9 Å². The van der Waals surface area contributed by atoms with Gasteiger partial charge in [-0.2, -0.15) is 0 Å². The van der Waals surface area contributed by atoms with Crippen molar-refractivity contribution in [1.82, 2.24) is 4.90 Å². The van der Waals surface area contributed by atoms with Crippen molar-refractivity contribution >= 4 is 21.8 Å².